The largest absolute Gasteiger partial charge is 2.00 e. The molecule has 0 bridgehead atoms. The fraction of sp³-hybridized carbons (Fsp3) is 0.603. The van der Waals surface area contributed by atoms with Crippen LogP contribution >= 0.6 is 11.8 Å². The fourth-order valence-corrected chi connectivity index (χ4v) is 10.2. The predicted molar refractivity (Wildman–Crippen MR) is 360 cm³/mol. The Bertz CT molecular complexity index is 2970. The molecule has 2 heterocycles. The Morgan fingerprint density at radius 3 is 1.97 bits per heavy atom. The van der Waals surface area contributed by atoms with Gasteiger partial charge in [-0.15, -0.1) is 0 Å². The number of nitrogens with two attached hydrogens (primary N) is 2. The van der Waals surface area contributed by atoms with Crippen molar-refractivity contribution in [2.24, 2.45) is 67.3 Å². The predicted octanol–water partition coefficient (Wildman–Crippen LogP) is 5.96. The van der Waals surface area contributed by atoms with Crippen LogP contribution in [0.4, 0.5) is 0 Å². The van der Waals surface area contributed by atoms with Crippen molar-refractivity contribution < 1.29 is 65.0 Å². The molecule has 7 atom stereocenters. The average Bonchev–Trinajstić information content (AvgIpc) is 1.86. The van der Waals surface area contributed by atoms with Gasteiger partial charge in [0.1, 0.15) is 35.2 Å². The molecule has 507 valence electrons. The summed E-state index contributed by atoms with van der Waals surface area (Å²) >= 11 is 11.7. The third-order valence-electron chi connectivity index (χ3n) is 15.1. The van der Waals surface area contributed by atoms with Gasteiger partial charge in [-0.1, -0.05) is 66.2 Å². The summed E-state index contributed by atoms with van der Waals surface area (Å²) in [5.74, 6) is -4.99. The zero-order valence-electron chi connectivity index (χ0n) is 54.5. The Morgan fingerprint density at radius 2 is 1.36 bits per heavy atom. The number of primary amides is 2. The van der Waals surface area contributed by atoms with Crippen LogP contribution in [0.1, 0.15) is 163 Å². The molecular weight excluding hydrogens is 1270 g/mol. The number of amides is 5. The number of nitrogens with one attached hydrogen (secondary N) is 7. The third kappa shape index (κ3) is 32.4. The molecule has 11 N–H and O–H groups in total. The minimum Gasteiger partial charge on any atom is -0.741 e. The molecule has 0 aliphatic heterocycles. The van der Waals surface area contributed by atoms with Gasteiger partial charge in [0.05, 0.1) is 23.8 Å². The van der Waals surface area contributed by atoms with E-state index in [4.69, 9.17) is 36.7 Å². The van der Waals surface area contributed by atoms with E-state index in [-0.39, 0.29) is 125 Å². The van der Waals surface area contributed by atoms with Crippen molar-refractivity contribution in [2.45, 2.75) is 183 Å². The molecule has 5 amide bonds. The summed E-state index contributed by atoms with van der Waals surface area (Å²) in [6, 6.07) is 4.70. The summed E-state index contributed by atoms with van der Waals surface area (Å²) < 4.78 is 0. The topological polar surface area (TPSA) is 377 Å². The zero-order chi connectivity index (χ0) is 67.5. The molecule has 0 aliphatic rings. The van der Waals surface area contributed by atoms with E-state index in [1.54, 1.807) is 65.8 Å². The number of H-pyrrole nitrogens is 2. The Hall–Kier alpha value is -6.74. The van der Waals surface area contributed by atoms with Crippen molar-refractivity contribution in [3.63, 3.8) is 0 Å². The zero-order valence-corrected chi connectivity index (χ0v) is 57.9. The van der Waals surface area contributed by atoms with E-state index < -0.39 is 65.4 Å². The molecule has 0 aliphatic carbocycles. The summed E-state index contributed by atoms with van der Waals surface area (Å²) in [6.07, 6.45) is 10.9. The molecule has 91 heavy (non-hydrogen) atoms. The first-order valence-electron chi connectivity index (χ1n) is 30.7. The molecule has 3 rings (SSSR count). The number of carbonyl (C=O) groups excluding carboxylic acids is 10. The number of rotatable bonds is 42. The number of hydrazone groups is 1. The number of carbonyl (C=O) groups is 10. The monoisotopic (exact) mass is 1370 g/mol. The third-order valence-corrected chi connectivity index (χ3v) is 16.2. The maximum Gasteiger partial charge on any atom is 2.00 e. The van der Waals surface area contributed by atoms with Crippen LogP contribution in [0.3, 0.4) is 0 Å². The quantitative estimate of drug-likeness (QED) is 0.00789. The van der Waals surface area contributed by atoms with Crippen LogP contribution in [0.25, 0.3) is 10.9 Å². The van der Waals surface area contributed by atoms with Gasteiger partial charge in [-0.25, -0.2) is 4.98 Å². The average molecular weight is 1370 g/mol. The molecule has 28 heteroatoms. The molecule has 24 nitrogen and oxygen atoms in total. The van der Waals surface area contributed by atoms with Crippen LogP contribution in [0.15, 0.2) is 63.3 Å². The van der Waals surface area contributed by atoms with Crippen molar-refractivity contribution in [3.05, 3.63) is 54.2 Å². The first kappa shape index (κ1) is 82.3. The van der Waals surface area contributed by atoms with E-state index in [1.807, 2.05) is 58.2 Å². The number of fused-ring (bicyclic) bond motifs is 1. The molecule has 0 fully saturated rings. The van der Waals surface area contributed by atoms with Crippen molar-refractivity contribution >= 4 is 128 Å². The molecule has 0 spiro atoms. The second-order valence-corrected chi connectivity index (χ2v) is 24.9. The summed E-state index contributed by atoms with van der Waals surface area (Å²) in [6.45, 7) is 16.8. The van der Waals surface area contributed by atoms with E-state index in [0.717, 1.165) is 22.2 Å². The Labute approximate surface area is 561 Å². The van der Waals surface area contributed by atoms with Crippen molar-refractivity contribution in [1.29, 1.82) is 0 Å². The van der Waals surface area contributed by atoms with Gasteiger partial charge in [-0.3, -0.25) is 58.4 Å². The molecule has 1 aromatic carbocycles. The molecule has 1 radical (unpaired) electrons. The van der Waals surface area contributed by atoms with Gasteiger partial charge in [0.15, 0.2) is 5.78 Å². The van der Waals surface area contributed by atoms with Crippen LogP contribution in [0.2, 0.25) is 0 Å². The summed E-state index contributed by atoms with van der Waals surface area (Å²) in [5.41, 5.74) is 17.0. The van der Waals surface area contributed by atoms with Crippen LogP contribution in [-0.2, 0) is 103 Å². The Morgan fingerprint density at radius 1 is 0.692 bits per heavy atom. The molecule has 7 unspecified atom stereocenters. The number of hydrogen-bond acceptors (Lipinski definition) is 18. The van der Waals surface area contributed by atoms with E-state index in [1.165, 1.54) is 6.33 Å². The van der Waals surface area contributed by atoms with Gasteiger partial charge in [-0.05, 0) is 105 Å². The number of aromatic amines is 2. The van der Waals surface area contributed by atoms with Crippen molar-refractivity contribution in [3.8, 4) is 0 Å². The van der Waals surface area contributed by atoms with E-state index >= 15 is 0 Å². The van der Waals surface area contributed by atoms with Crippen LogP contribution < -0.4 is 38.2 Å². The van der Waals surface area contributed by atoms with E-state index in [9.17, 15) is 47.9 Å². The van der Waals surface area contributed by atoms with Gasteiger partial charge in [0.2, 0.25) is 29.5 Å². The van der Waals surface area contributed by atoms with Crippen LogP contribution in [0, 0.1) is 35.5 Å². The number of benzene rings is 1. The smallest absolute Gasteiger partial charge is 0.741 e. The normalized spacial score (nSPS) is 14.3. The second kappa shape index (κ2) is 44.7. The number of aromatic nitrogens is 3. The molecule has 3 aromatic rings. The maximum absolute atomic E-state index is 13.9. The first-order chi connectivity index (χ1) is 42.6. The van der Waals surface area contributed by atoms with Gasteiger partial charge in [0.25, 0.3) is 0 Å². The summed E-state index contributed by atoms with van der Waals surface area (Å²) in [4.78, 5) is 142. The summed E-state index contributed by atoms with van der Waals surface area (Å²) in [5, 5.41) is 24.7. The van der Waals surface area contributed by atoms with Crippen molar-refractivity contribution in [1.82, 2.24) is 41.6 Å². The number of aliphatic imine (C=N–C) groups is 1. The number of amidine groups is 2. The molecular formula is C63H96CuN14O10S3. The Kier molecular flexibility index (Phi) is 40.4. The standard InChI is InChI=1S/C41H62N10O6S2.C22H36N4O4S.Cu/c1-8-35(53)32(24(2)3)22-36(54)27(6)46-39(57)34(21-29-23-45-33-16-12-11-15-31(29)33)47-38(56)28(17-18-37(42)55)20-30(52)14-10-9-13-19-44-41(59)51-49-26(5)25(4)48-50-40(58)43-7;1-5-18(27)10-15(9-17-12-24-13-25-17)20(28)11-16(8-14(2)3)22(30)26-19(21(23)29)6-7-31-4;/h11-12,15-16,23-24,27-28,32,34,45H,8-10,13-14,17-22H2,1-7H3,(H2,42,55)(H,46,57)(H,47,56)(H2,43,50,58)(H2,44,51,59);12-16,19H,5-11H2,1-4H3,(H2,23,29)(H,24,25)(H,26,30);/q;;+2/p-2/b48-25+,49-26+;;/i;;1+0. The minimum atomic E-state index is -1.13. The first-order valence-corrected chi connectivity index (χ1v) is 32.9. The number of para-hydroxylation sites is 1. The van der Waals surface area contributed by atoms with Crippen molar-refractivity contribution in [2.75, 3.05) is 25.6 Å². The minimum absolute atomic E-state index is 0. The SMILES string of the molecule is CCC(=O)C(CC(=O)C(C)NC(=O)C(Cc1c[nH]c2ccccc12)NC(=O)C(CCC(N)=O)CC(=O)CCCCCNC([S-])=N/N=C(C)/C(C)=N/NC([S-])=NC)C(C)C.CCC(=O)CC(Cc1cnc[nH]1)C(=O)CC(CC(C)C)C(=O)NC(CCSC)C(N)=O.[64Cu+2]. The fourth-order valence-electron chi connectivity index (χ4n) is 9.57. The number of ketones is 5. The molecule has 0 saturated heterocycles. The second-order valence-electron chi connectivity index (χ2n) is 23.1. The number of hydrogen-bond donors (Lipinski definition) is 9. The van der Waals surface area contributed by atoms with Gasteiger partial charge >= 0.3 is 17.1 Å². The maximum atomic E-state index is 13.9. The van der Waals surface area contributed by atoms with Crippen LogP contribution in [-0.4, -0.2) is 139 Å². The molecule has 0 saturated carbocycles. The number of unbranched alkanes of at least 4 members (excludes halogenated alkanes) is 2. The van der Waals surface area contributed by atoms with E-state index in [0.29, 0.717) is 75.1 Å². The number of thioether (sulfide) groups is 1. The van der Waals surface area contributed by atoms with Crippen LogP contribution in [0.5, 0.6) is 0 Å². The number of nitrogens with zero attached hydrogens (tertiary/aromatic N) is 5. The number of imidazole rings is 1. The summed E-state index contributed by atoms with van der Waals surface area (Å²) in [7, 11) is 1.55. The Balaban J connectivity index is 0.00000109. The van der Waals surface area contributed by atoms with Gasteiger partial charge in [-0.2, -0.15) is 27.1 Å². The molecule has 2 aromatic heterocycles. The van der Waals surface area contributed by atoms with Gasteiger partial charge in [0, 0.05) is 124 Å². The van der Waals surface area contributed by atoms with Gasteiger partial charge < -0.3 is 68.0 Å². The van der Waals surface area contributed by atoms with E-state index in [2.05, 4.69) is 61.9 Å². The number of Topliss-reactive ketones (excluding diaryl/α,β-unsaturated/α-hetero) is 5.